The highest BCUT2D eigenvalue weighted by Crippen LogP contribution is 2.25. The molecule has 1 aliphatic rings. The summed E-state index contributed by atoms with van der Waals surface area (Å²) in [6.07, 6.45) is 3.74. The fourth-order valence-corrected chi connectivity index (χ4v) is 3.39. The Morgan fingerprint density at radius 1 is 1.12 bits per heavy atom. The summed E-state index contributed by atoms with van der Waals surface area (Å²) in [7, 11) is 0. The van der Waals surface area contributed by atoms with E-state index in [-0.39, 0.29) is 5.91 Å². The predicted molar refractivity (Wildman–Crippen MR) is 103 cm³/mol. The third-order valence-corrected chi connectivity index (χ3v) is 5.01. The highest BCUT2D eigenvalue weighted by molar-refractivity contribution is 9.10. The van der Waals surface area contributed by atoms with Crippen molar-refractivity contribution in [3.05, 3.63) is 58.1 Å². The van der Waals surface area contributed by atoms with Gasteiger partial charge in [0.25, 0.3) is 0 Å². The van der Waals surface area contributed by atoms with E-state index in [0.717, 1.165) is 28.6 Å². The van der Waals surface area contributed by atoms with Crippen molar-refractivity contribution in [3.8, 4) is 11.4 Å². The molecule has 2 aromatic carbocycles. The number of aromatic nitrogens is 4. The van der Waals surface area contributed by atoms with Crippen molar-refractivity contribution in [1.29, 1.82) is 0 Å². The number of tetrazole rings is 1. The Morgan fingerprint density at radius 2 is 1.92 bits per heavy atom. The molecule has 132 valence electrons. The zero-order valence-corrected chi connectivity index (χ0v) is 15.7. The summed E-state index contributed by atoms with van der Waals surface area (Å²) in [5, 5.41) is 15.4. The molecule has 0 radical (unpaired) electrons. The minimum atomic E-state index is -0.0505. The minimum absolute atomic E-state index is 0.0505. The predicted octanol–water partition coefficient (Wildman–Crippen LogP) is 3.62. The summed E-state index contributed by atoms with van der Waals surface area (Å²) in [5.74, 6) is 0.502. The zero-order chi connectivity index (χ0) is 17.9. The van der Waals surface area contributed by atoms with Gasteiger partial charge in [0.1, 0.15) is 0 Å². The van der Waals surface area contributed by atoms with Crippen molar-refractivity contribution in [2.24, 2.45) is 0 Å². The number of halogens is 1. The average molecular weight is 412 g/mol. The second-order valence-electron chi connectivity index (χ2n) is 6.35. The topological polar surface area (TPSA) is 72.7 Å². The molecule has 4 rings (SSSR count). The van der Waals surface area contributed by atoms with E-state index in [1.165, 1.54) is 22.3 Å². The average Bonchev–Trinajstić information content (AvgIpc) is 3.29. The van der Waals surface area contributed by atoms with Crippen LogP contribution in [0.25, 0.3) is 11.4 Å². The van der Waals surface area contributed by atoms with E-state index in [1.54, 1.807) is 0 Å². The molecule has 26 heavy (non-hydrogen) atoms. The van der Waals surface area contributed by atoms with Gasteiger partial charge in [-0.25, -0.2) is 0 Å². The molecular formula is C19H18BrN5O. The number of fused-ring (bicyclic) bond motifs is 1. The zero-order valence-electron chi connectivity index (χ0n) is 14.2. The Hall–Kier alpha value is -2.54. The number of aryl methyl sites for hydroxylation is 3. The number of hydrogen-bond acceptors (Lipinski definition) is 4. The van der Waals surface area contributed by atoms with Gasteiger partial charge in [-0.05, 0) is 72.0 Å². The largest absolute Gasteiger partial charge is 0.326 e. The third-order valence-electron chi connectivity index (χ3n) is 4.48. The van der Waals surface area contributed by atoms with Crippen molar-refractivity contribution in [3.63, 3.8) is 0 Å². The van der Waals surface area contributed by atoms with Gasteiger partial charge in [-0.1, -0.05) is 22.0 Å². The first-order chi connectivity index (χ1) is 12.7. The molecular weight excluding hydrogens is 394 g/mol. The van der Waals surface area contributed by atoms with Crippen LogP contribution in [-0.4, -0.2) is 26.1 Å². The molecule has 6 nitrogen and oxygen atoms in total. The molecule has 0 fully saturated rings. The SMILES string of the molecule is O=C(CCn1nnc(-c2ccc(Br)cc2)n1)Nc1ccc2c(c1)CCC2. The van der Waals surface area contributed by atoms with E-state index >= 15 is 0 Å². The van der Waals surface area contributed by atoms with Crippen LogP contribution in [0.5, 0.6) is 0 Å². The number of rotatable bonds is 5. The monoisotopic (exact) mass is 411 g/mol. The molecule has 0 unspecified atom stereocenters. The van der Waals surface area contributed by atoms with Crippen LogP contribution < -0.4 is 5.32 Å². The van der Waals surface area contributed by atoms with E-state index in [9.17, 15) is 4.79 Å². The van der Waals surface area contributed by atoms with Gasteiger partial charge in [0.2, 0.25) is 11.7 Å². The highest BCUT2D eigenvalue weighted by Gasteiger charge is 2.12. The van der Waals surface area contributed by atoms with Crippen LogP contribution >= 0.6 is 15.9 Å². The van der Waals surface area contributed by atoms with Crippen molar-refractivity contribution < 1.29 is 4.79 Å². The molecule has 0 atom stereocenters. The molecule has 0 saturated heterocycles. The number of anilines is 1. The molecule has 0 spiro atoms. The Balaban J connectivity index is 1.34. The summed E-state index contributed by atoms with van der Waals surface area (Å²) < 4.78 is 0.997. The first-order valence-corrected chi connectivity index (χ1v) is 9.42. The molecule has 1 amide bonds. The molecule has 1 heterocycles. The van der Waals surface area contributed by atoms with Gasteiger partial charge < -0.3 is 5.32 Å². The summed E-state index contributed by atoms with van der Waals surface area (Å²) in [5.41, 5.74) is 4.50. The standard InChI is InChI=1S/C19H18BrN5O/c20-16-7-4-14(5-8-16)19-22-24-25(23-19)11-10-18(26)21-17-9-6-13-2-1-3-15(13)12-17/h4-9,12H,1-3,10-11H2,(H,21,26). The number of nitrogens with zero attached hydrogens (tertiary/aromatic N) is 4. The molecule has 1 N–H and O–H groups in total. The van der Waals surface area contributed by atoms with Crippen LogP contribution in [-0.2, 0) is 24.2 Å². The summed E-state index contributed by atoms with van der Waals surface area (Å²) in [4.78, 5) is 13.7. The Morgan fingerprint density at radius 3 is 2.77 bits per heavy atom. The Bertz CT molecular complexity index is 935. The maximum absolute atomic E-state index is 12.2. The summed E-state index contributed by atoms with van der Waals surface area (Å²) in [6, 6.07) is 13.9. The lowest BCUT2D eigenvalue weighted by atomic mass is 10.1. The molecule has 7 heteroatoms. The van der Waals surface area contributed by atoms with Gasteiger partial charge in [0.05, 0.1) is 6.54 Å². The number of benzene rings is 2. The van der Waals surface area contributed by atoms with E-state index in [1.807, 2.05) is 30.3 Å². The van der Waals surface area contributed by atoms with Crippen molar-refractivity contribution in [1.82, 2.24) is 20.2 Å². The molecule has 0 saturated carbocycles. The number of carbonyl (C=O) groups is 1. The maximum Gasteiger partial charge on any atom is 0.226 e. The molecule has 0 bridgehead atoms. The number of carbonyl (C=O) groups excluding carboxylic acids is 1. The lowest BCUT2D eigenvalue weighted by Gasteiger charge is -2.07. The van der Waals surface area contributed by atoms with Gasteiger partial charge in [0, 0.05) is 22.1 Å². The van der Waals surface area contributed by atoms with Gasteiger partial charge in [-0.15, -0.1) is 10.2 Å². The van der Waals surface area contributed by atoms with Crippen LogP contribution in [0.4, 0.5) is 5.69 Å². The normalized spacial score (nSPS) is 12.8. The van der Waals surface area contributed by atoms with Crippen LogP contribution in [0.15, 0.2) is 46.9 Å². The van der Waals surface area contributed by atoms with Crippen LogP contribution in [0.2, 0.25) is 0 Å². The third kappa shape index (κ3) is 3.83. The van der Waals surface area contributed by atoms with E-state index in [4.69, 9.17) is 0 Å². The quantitative estimate of drug-likeness (QED) is 0.695. The fourth-order valence-electron chi connectivity index (χ4n) is 3.13. The first kappa shape index (κ1) is 16.9. The Labute approximate surface area is 159 Å². The van der Waals surface area contributed by atoms with Crippen LogP contribution in [0.3, 0.4) is 0 Å². The smallest absolute Gasteiger partial charge is 0.226 e. The molecule has 1 aromatic heterocycles. The van der Waals surface area contributed by atoms with Crippen molar-refractivity contribution >= 4 is 27.5 Å². The maximum atomic E-state index is 12.2. The van der Waals surface area contributed by atoms with Crippen LogP contribution in [0.1, 0.15) is 24.0 Å². The van der Waals surface area contributed by atoms with Gasteiger partial charge in [-0.2, -0.15) is 4.80 Å². The van der Waals surface area contributed by atoms with Gasteiger partial charge in [0.15, 0.2) is 0 Å². The van der Waals surface area contributed by atoms with E-state index in [2.05, 4.69) is 48.8 Å². The number of nitrogens with one attached hydrogen (secondary N) is 1. The lowest BCUT2D eigenvalue weighted by molar-refractivity contribution is -0.116. The van der Waals surface area contributed by atoms with Crippen molar-refractivity contribution in [2.75, 3.05) is 5.32 Å². The van der Waals surface area contributed by atoms with E-state index < -0.39 is 0 Å². The summed E-state index contributed by atoms with van der Waals surface area (Å²) in [6.45, 7) is 0.389. The Kier molecular flexibility index (Phi) is 4.79. The number of hydrogen-bond donors (Lipinski definition) is 1. The molecule has 3 aromatic rings. The van der Waals surface area contributed by atoms with Crippen LogP contribution in [0, 0.1) is 0 Å². The highest BCUT2D eigenvalue weighted by atomic mass is 79.9. The second kappa shape index (κ2) is 7.37. The molecule has 0 aliphatic heterocycles. The van der Waals surface area contributed by atoms with Gasteiger partial charge >= 0.3 is 0 Å². The lowest BCUT2D eigenvalue weighted by Crippen LogP contribution is -2.15. The summed E-state index contributed by atoms with van der Waals surface area (Å²) >= 11 is 3.40. The molecule has 1 aliphatic carbocycles. The van der Waals surface area contributed by atoms with Crippen molar-refractivity contribution in [2.45, 2.75) is 32.2 Å². The van der Waals surface area contributed by atoms with E-state index in [0.29, 0.717) is 18.8 Å². The first-order valence-electron chi connectivity index (χ1n) is 8.63. The second-order valence-corrected chi connectivity index (χ2v) is 7.27. The van der Waals surface area contributed by atoms with Gasteiger partial charge in [-0.3, -0.25) is 4.79 Å². The fraction of sp³-hybridized carbons (Fsp3) is 0.263. The minimum Gasteiger partial charge on any atom is -0.326 e. The number of amides is 1.